The van der Waals surface area contributed by atoms with Crippen LogP contribution in [0.4, 0.5) is 13.2 Å². The molecule has 0 radical (unpaired) electrons. The van der Waals surface area contributed by atoms with Crippen molar-refractivity contribution in [2.75, 3.05) is 4.43 Å². The molecule has 0 spiro atoms. The Balaban J connectivity index is 1.97. The van der Waals surface area contributed by atoms with Gasteiger partial charge in [0.2, 0.25) is 0 Å². The first-order chi connectivity index (χ1) is 12.9. The van der Waals surface area contributed by atoms with Gasteiger partial charge in [-0.3, -0.25) is 0 Å². The van der Waals surface area contributed by atoms with E-state index in [1.807, 2.05) is 0 Å². The molecule has 2 saturated heterocycles. The second-order valence-corrected chi connectivity index (χ2v) is 9.60. The summed E-state index contributed by atoms with van der Waals surface area (Å²) in [5.41, 5.74) is -6.00. The number of fused-ring (bicyclic) bond motifs is 1. The first kappa shape index (κ1) is 23.9. The van der Waals surface area contributed by atoms with Crippen molar-refractivity contribution in [3.8, 4) is 0 Å². The number of halogens is 4. The van der Waals surface area contributed by atoms with Crippen molar-refractivity contribution in [2.24, 2.45) is 5.92 Å². The van der Waals surface area contributed by atoms with Crippen LogP contribution >= 0.6 is 22.6 Å². The van der Waals surface area contributed by atoms with Gasteiger partial charge in [-0.25, -0.2) is 0 Å². The Morgan fingerprint density at radius 3 is 2.64 bits per heavy atom. The summed E-state index contributed by atoms with van der Waals surface area (Å²) in [5.74, 6) is -1.10. The molecule has 28 heavy (non-hydrogen) atoms. The van der Waals surface area contributed by atoms with Gasteiger partial charge < -0.3 is 18.5 Å². The van der Waals surface area contributed by atoms with Crippen LogP contribution < -0.4 is 0 Å². The third-order valence-corrected chi connectivity index (χ3v) is 7.46. The number of allylic oxidation sites excluding steroid dienone is 1. The molecular weight excluding hydrogens is 516 g/mol. The van der Waals surface area contributed by atoms with Gasteiger partial charge in [0.25, 0.3) is 0 Å². The van der Waals surface area contributed by atoms with Gasteiger partial charge in [-0.1, -0.05) is 36.1 Å². The Labute approximate surface area is 176 Å². The Kier molecular flexibility index (Phi) is 7.82. The number of alkyl halides is 4. The van der Waals surface area contributed by atoms with Crippen molar-refractivity contribution >= 4 is 39.0 Å². The van der Waals surface area contributed by atoms with E-state index in [0.29, 0.717) is 30.1 Å². The lowest BCUT2D eigenvalue weighted by atomic mass is 9.86. The SMILES string of the molecule is C=C(OS(=O)(=O)C(F)(F)F)[C@H](C)C[C@H]1CC[C@@H]2O[C@@H](CCC=O)C[C@]2(CI)O1. The highest BCUT2D eigenvalue weighted by Gasteiger charge is 2.52. The lowest BCUT2D eigenvalue weighted by molar-refractivity contribution is -0.156. The molecular formula is C17H24F3IO6S. The Morgan fingerprint density at radius 2 is 2.07 bits per heavy atom. The average molecular weight is 540 g/mol. The van der Waals surface area contributed by atoms with Gasteiger partial charge in [-0.2, -0.15) is 21.6 Å². The molecule has 2 heterocycles. The molecule has 2 aliphatic rings. The predicted octanol–water partition coefficient (Wildman–Crippen LogP) is 3.88. The van der Waals surface area contributed by atoms with Crippen molar-refractivity contribution in [3.05, 3.63) is 12.3 Å². The molecule has 0 bridgehead atoms. The zero-order chi connectivity index (χ0) is 21.2. The maximum atomic E-state index is 12.5. The molecule has 0 aliphatic carbocycles. The summed E-state index contributed by atoms with van der Waals surface area (Å²) in [6.45, 7) is 4.91. The summed E-state index contributed by atoms with van der Waals surface area (Å²) in [7, 11) is -5.72. The molecule has 0 amide bonds. The number of carbonyl (C=O) groups is 1. The van der Waals surface area contributed by atoms with Crippen LogP contribution in [-0.4, -0.2) is 48.6 Å². The monoisotopic (exact) mass is 540 g/mol. The van der Waals surface area contributed by atoms with Crippen molar-refractivity contribution in [3.63, 3.8) is 0 Å². The van der Waals surface area contributed by atoms with Crippen molar-refractivity contribution < 1.29 is 40.0 Å². The molecule has 0 N–H and O–H groups in total. The zero-order valence-corrected chi connectivity index (χ0v) is 18.4. The summed E-state index contributed by atoms with van der Waals surface area (Å²) >= 11 is 2.22. The Bertz CT molecular complexity index is 683. The zero-order valence-electron chi connectivity index (χ0n) is 15.4. The van der Waals surface area contributed by atoms with E-state index in [4.69, 9.17) is 9.47 Å². The molecule has 0 aromatic rings. The van der Waals surface area contributed by atoms with E-state index in [1.54, 1.807) is 6.92 Å². The van der Waals surface area contributed by atoms with E-state index < -0.39 is 32.9 Å². The summed E-state index contributed by atoms with van der Waals surface area (Å²) in [5, 5.41) is 0. The van der Waals surface area contributed by atoms with Crippen LogP contribution in [0.15, 0.2) is 12.3 Å². The Hall–Kier alpha value is -0.400. The van der Waals surface area contributed by atoms with Crippen molar-refractivity contribution in [2.45, 2.75) is 74.9 Å². The smallest absolute Gasteiger partial charge is 0.381 e. The number of carbonyl (C=O) groups excluding carboxylic acids is 1. The number of aldehydes is 1. The normalized spacial score (nSPS) is 31.8. The average Bonchev–Trinajstić information content (AvgIpc) is 2.96. The lowest BCUT2D eigenvalue weighted by Gasteiger charge is -2.41. The molecule has 0 saturated carbocycles. The summed E-state index contributed by atoms with van der Waals surface area (Å²) in [4.78, 5) is 10.6. The fourth-order valence-electron chi connectivity index (χ4n) is 3.66. The summed E-state index contributed by atoms with van der Waals surface area (Å²) < 4.78 is 76.8. The lowest BCUT2D eigenvalue weighted by Crippen LogP contribution is -2.50. The van der Waals surface area contributed by atoms with E-state index in [0.717, 1.165) is 12.7 Å². The van der Waals surface area contributed by atoms with E-state index in [9.17, 15) is 26.4 Å². The minimum absolute atomic E-state index is 0.0589. The van der Waals surface area contributed by atoms with Gasteiger partial charge in [-0.05, 0) is 25.7 Å². The number of ether oxygens (including phenoxy) is 2. The second-order valence-electron chi connectivity index (χ2n) is 7.30. The molecule has 0 unspecified atom stereocenters. The highest BCUT2D eigenvalue weighted by molar-refractivity contribution is 14.1. The van der Waals surface area contributed by atoms with Crippen LogP contribution in [0.2, 0.25) is 0 Å². The number of rotatable bonds is 9. The van der Waals surface area contributed by atoms with Crippen LogP contribution in [-0.2, 0) is 28.6 Å². The number of hydrogen-bond acceptors (Lipinski definition) is 6. The molecule has 11 heteroatoms. The fourth-order valence-corrected chi connectivity index (χ4v) is 5.19. The van der Waals surface area contributed by atoms with Crippen LogP contribution in [0, 0.1) is 5.92 Å². The van der Waals surface area contributed by atoms with Gasteiger partial charge in [0.05, 0.1) is 18.3 Å². The van der Waals surface area contributed by atoms with Gasteiger partial charge in [0.15, 0.2) is 0 Å². The van der Waals surface area contributed by atoms with Gasteiger partial charge in [0, 0.05) is 23.2 Å². The van der Waals surface area contributed by atoms with Crippen molar-refractivity contribution in [1.29, 1.82) is 0 Å². The highest BCUT2D eigenvalue weighted by Crippen LogP contribution is 2.45. The first-order valence-electron chi connectivity index (χ1n) is 8.96. The maximum absolute atomic E-state index is 12.5. The third-order valence-electron chi connectivity index (χ3n) is 5.17. The van der Waals surface area contributed by atoms with Crippen LogP contribution in [0.3, 0.4) is 0 Å². The number of hydrogen-bond donors (Lipinski definition) is 0. The molecule has 162 valence electrons. The molecule has 5 atom stereocenters. The minimum Gasteiger partial charge on any atom is -0.381 e. The van der Waals surface area contributed by atoms with Crippen LogP contribution in [0.25, 0.3) is 0 Å². The third kappa shape index (κ3) is 5.39. The van der Waals surface area contributed by atoms with E-state index in [-0.39, 0.29) is 24.7 Å². The fraction of sp³-hybridized carbons (Fsp3) is 0.824. The van der Waals surface area contributed by atoms with E-state index >= 15 is 0 Å². The highest BCUT2D eigenvalue weighted by atomic mass is 127. The largest absolute Gasteiger partial charge is 0.534 e. The van der Waals surface area contributed by atoms with Gasteiger partial charge in [-0.15, -0.1) is 0 Å². The van der Waals surface area contributed by atoms with E-state index in [2.05, 4.69) is 33.4 Å². The standard InChI is InChI=1S/C17H24F3IO6S/c1-11(12(2)27-28(23,24)17(18,19)20)8-13-5-6-15-16(10-21,26-13)9-14(25-15)4-3-7-22/h7,11,13-15H,2-6,8-10H2,1H3/t11-,13-,14+,15+,16-/m1/s1. The van der Waals surface area contributed by atoms with Gasteiger partial charge >= 0.3 is 15.6 Å². The second kappa shape index (κ2) is 9.17. The molecule has 0 aromatic heterocycles. The molecule has 2 fully saturated rings. The molecule has 6 nitrogen and oxygen atoms in total. The quantitative estimate of drug-likeness (QED) is 0.110. The first-order valence-corrected chi connectivity index (χ1v) is 11.9. The Morgan fingerprint density at radius 1 is 1.39 bits per heavy atom. The van der Waals surface area contributed by atoms with Gasteiger partial charge in [0.1, 0.15) is 17.6 Å². The molecule has 2 rings (SSSR count). The molecule has 0 aromatic carbocycles. The summed E-state index contributed by atoms with van der Waals surface area (Å²) in [6, 6.07) is 0. The molecule has 2 aliphatic heterocycles. The van der Waals surface area contributed by atoms with Crippen molar-refractivity contribution in [1.82, 2.24) is 0 Å². The maximum Gasteiger partial charge on any atom is 0.534 e. The minimum atomic E-state index is -5.72. The summed E-state index contributed by atoms with van der Waals surface area (Å²) in [6.07, 6.45) is 3.78. The van der Waals surface area contributed by atoms with E-state index in [1.165, 1.54) is 0 Å². The van der Waals surface area contributed by atoms with Crippen LogP contribution in [0.1, 0.15) is 45.4 Å². The topological polar surface area (TPSA) is 78.9 Å². The van der Waals surface area contributed by atoms with Crippen LogP contribution in [0.5, 0.6) is 0 Å². The predicted molar refractivity (Wildman–Crippen MR) is 103 cm³/mol.